The van der Waals surface area contributed by atoms with E-state index in [2.05, 4.69) is 15.3 Å². The molecule has 0 bridgehead atoms. The highest BCUT2D eigenvalue weighted by Crippen LogP contribution is 2.23. The first-order valence-corrected chi connectivity index (χ1v) is 10.2. The Morgan fingerprint density at radius 3 is 2.75 bits per heavy atom. The number of thioether (sulfide) groups is 1. The molecule has 0 aliphatic heterocycles. The molecule has 3 aromatic heterocycles. The molecule has 1 amide bonds. The van der Waals surface area contributed by atoms with Crippen molar-refractivity contribution >= 4 is 28.6 Å². The van der Waals surface area contributed by atoms with Crippen LogP contribution in [0.5, 0.6) is 0 Å². The van der Waals surface area contributed by atoms with Crippen molar-refractivity contribution in [3.8, 4) is 11.4 Å². The summed E-state index contributed by atoms with van der Waals surface area (Å²) < 4.78 is 5.31. The zero-order valence-corrected chi connectivity index (χ0v) is 16.0. The van der Waals surface area contributed by atoms with E-state index in [9.17, 15) is 4.79 Å². The molecule has 0 saturated carbocycles. The van der Waals surface area contributed by atoms with E-state index in [-0.39, 0.29) is 5.91 Å². The molecule has 28 heavy (non-hydrogen) atoms. The van der Waals surface area contributed by atoms with Crippen molar-refractivity contribution in [2.45, 2.75) is 5.75 Å². The summed E-state index contributed by atoms with van der Waals surface area (Å²) in [4.78, 5) is 21.9. The molecule has 0 atom stereocenters. The molecular formula is C22H19N3O2S. The fraction of sp³-hybridized carbons (Fsp3) is 0.136. The van der Waals surface area contributed by atoms with Crippen LogP contribution in [0.3, 0.4) is 0 Å². The lowest BCUT2D eigenvalue weighted by Gasteiger charge is -2.10. The molecule has 4 rings (SSSR count). The monoisotopic (exact) mass is 389 g/mol. The predicted molar refractivity (Wildman–Crippen MR) is 112 cm³/mol. The minimum atomic E-state index is -0.102. The zero-order valence-electron chi connectivity index (χ0n) is 15.2. The number of nitrogens with zero attached hydrogens (tertiary/aromatic N) is 2. The van der Waals surface area contributed by atoms with Crippen molar-refractivity contribution in [2.24, 2.45) is 0 Å². The highest BCUT2D eigenvalue weighted by atomic mass is 32.2. The molecule has 0 spiro atoms. The lowest BCUT2D eigenvalue weighted by Crippen LogP contribution is -2.26. The van der Waals surface area contributed by atoms with Crippen molar-refractivity contribution in [3.63, 3.8) is 0 Å². The summed E-state index contributed by atoms with van der Waals surface area (Å²) in [7, 11) is 0. The fourth-order valence-electron chi connectivity index (χ4n) is 2.91. The summed E-state index contributed by atoms with van der Waals surface area (Å²) in [6, 6.07) is 19.0. The van der Waals surface area contributed by atoms with Crippen molar-refractivity contribution in [2.75, 3.05) is 12.3 Å². The summed E-state index contributed by atoms with van der Waals surface area (Å²) >= 11 is 1.72. The number of hydrogen-bond donors (Lipinski definition) is 1. The molecular weight excluding hydrogens is 370 g/mol. The molecule has 4 aromatic rings. The predicted octanol–water partition coefficient (Wildman–Crippen LogP) is 4.55. The van der Waals surface area contributed by atoms with E-state index in [0.717, 1.165) is 33.9 Å². The zero-order chi connectivity index (χ0) is 19.2. The lowest BCUT2D eigenvalue weighted by molar-refractivity contribution is 0.0958. The summed E-state index contributed by atoms with van der Waals surface area (Å²) in [6.07, 6.45) is 3.40. The number of rotatable bonds is 7. The fourth-order valence-corrected chi connectivity index (χ4v) is 3.66. The van der Waals surface area contributed by atoms with Gasteiger partial charge in [-0.1, -0.05) is 24.3 Å². The van der Waals surface area contributed by atoms with Gasteiger partial charge in [0.2, 0.25) is 0 Å². The first-order chi connectivity index (χ1) is 13.8. The minimum Gasteiger partial charge on any atom is -0.468 e. The average molecular weight is 389 g/mol. The molecule has 3 heterocycles. The van der Waals surface area contributed by atoms with Crippen molar-refractivity contribution in [1.29, 1.82) is 0 Å². The molecule has 0 radical (unpaired) electrons. The third-order valence-electron chi connectivity index (χ3n) is 4.24. The van der Waals surface area contributed by atoms with E-state index in [1.807, 2.05) is 60.7 Å². The van der Waals surface area contributed by atoms with Crippen LogP contribution in [-0.4, -0.2) is 28.2 Å². The maximum absolute atomic E-state index is 12.8. The normalized spacial score (nSPS) is 10.9. The molecule has 0 saturated heterocycles. The maximum Gasteiger partial charge on any atom is 0.252 e. The molecule has 0 aliphatic rings. The highest BCUT2D eigenvalue weighted by Gasteiger charge is 2.14. The standard InChI is InChI=1S/C22H19N3O2S/c26-22(24-11-13-28-15-16-6-5-12-27-16)18-14-21(20-9-3-4-10-23-20)25-19-8-2-1-7-17(18)19/h1-10,12,14H,11,13,15H2,(H,24,26). The van der Waals surface area contributed by atoms with Gasteiger partial charge in [0.1, 0.15) is 5.76 Å². The van der Waals surface area contributed by atoms with Gasteiger partial charge in [-0.15, -0.1) is 0 Å². The third-order valence-corrected chi connectivity index (χ3v) is 5.23. The van der Waals surface area contributed by atoms with E-state index in [0.29, 0.717) is 17.8 Å². The molecule has 1 aromatic carbocycles. The quantitative estimate of drug-likeness (QED) is 0.470. The number of benzene rings is 1. The van der Waals surface area contributed by atoms with Crippen LogP contribution in [0.15, 0.2) is 77.5 Å². The molecule has 0 fully saturated rings. The topological polar surface area (TPSA) is 68.0 Å². The van der Waals surface area contributed by atoms with Crippen LogP contribution < -0.4 is 5.32 Å². The Kier molecular flexibility index (Phi) is 5.68. The van der Waals surface area contributed by atoms with Gasteiger partial charge in [0, 0.05) is 23.9 Å². The second-order valence-corrected chi connectivity index (χ2v) is 7.28. The number of furan rings is 1. The average Bonchev–Trinajstić information content (AvgIpc) is 3.27. The Hall–Kier alpha value is -3.12. The Balaban J connectivity index is 1.49. The van der Waals surface area contributed by atoms with Crippen molar-refractivity contribution < 1.29 is 9.21 Å². The number of pyridine rings is 2. The second kappa shape index (κ2) is 8.71. The van der Waals surface area contributed by atoms with Gasteiger partial charge >= 0.3 is 0 Å². The number of nitrogens with one attached hydrogen (secondary N) is 1. The summed E-state index contributed by atoms with van der Waals surface area (Å²) in [5, 5.41) is 3.85. The molecule has 1 N–H and O–H groups in total. The van der Waals surface area contributed by atoms with Crippen LogP contribution >= 0.6 is 11.8 Å². The van der Waals surface area contributed by atoms with Gasteiger partial charge in [0.05, 0.1) is 34.5 Å². The van der Waals surface area contributed by atoms with Gasteiger partial charge in [-0.3, -0.25) is 9.78 Å². The van der Waals surface area contributed by atoms with E-state index < -0.39 is 0 Å². The van der Waals surface area contributed by atoms with Crippen LogP contribution in [0, 0.1) is 0 Å². The summed E-state index contributed by atoms with van der Waals surface area (Å²) in [5.41, 5.74) is 2.83. The highest BCUT2D eigenvalue weighted by molar-refractivity contribution is 7.98. The second-order valence-electron chi connectivity index (χ2n) is 6.18. The van der Waals surface area contributed by atoms with Crippen LogP contribution in [-0.2, 0) is 5.75 Å². The van der Waals surface area contributed by atoms with Gasteiger partial charge in [0.25, 0.3) is 5.91 Å². The number of fused-ring (bicyclic) bond motifs is 1. The number of carbonyl (C=O) groups is 1. The van der Waals surface area contributed by atoms with Crippen LogP contribution in [0.25, 0.3) is 22.3 Å². The van der Waals surface area contributed by atoms with Crippen LogP contribution in [0.4, 0.5) is 0 Å². The van der Waals surface area contributed by atoms with E-state index >= 15 is 0 Å². The largest absolute Gasteiger partial charge is 0.468 e. The lowest BCUT2D eigenvalue weighted by atomic mass is 10.1. The van der Waals surface area contributed by atoms with Gasteiger partial charge in [-0.2, -0.15) is 11.8 Å². The number of carbonyl (C=O) groups excluding carboxylic acids is 1. The number of aromatic nitrogens is 2. The Labute approximate surface area is 167 Å². The molecule has 0 aliphatic carbocycles. The summed E-state index contributed by atoms with van der Waals surface area (Å²) in [6.45, 7) is 0.583. The van der Waals surface area contributed by atoms with Gasteiger partial charge in [-0.25, -0.2) is 4.98 Å². The maximum atomic E-state index is 12.8. The summed E-state index contributed by atoms with van der Waals surface area (Å²) in [5.74, 6) is 2.44. The Bertz CT molecular complexity index is 1070. The Morgan fingerprint density at radius 2 is 1.93 bits per heavy atom. The van der Waals surface area contributed by atoms with E-state index in [4.69, 9.17) is 4.42 Å². The van der Waals surface area contributed by atoms with Crippen LogP contribution in [0.2, 0.25) is 0 Å². The Morgan fingerprint density at radius 1 is 1.04 bits per heavy atom. The first kappa shape index (κ1) is 18.3. The third kappa shape index (κ3) is 4.23. The van der Waals surface area contributed by atoms with Gasteiger partial charge in [0.15, 0.2) is 0 Å². The molecule has 5 nitrogen and oxygen atoms in total. The van der Waals surface area contributed by atoms with Gasteiger partial charge in [-0.05, 0) is 36.4 Å². The molecule has 140 valence electrons. The smallest absolute Gasteiger partial charge is 0.252 e. The molecule has 6 heteroatoms. The van der Waals surface area contributed by atoms with Crippen LogP contribution in [0.1, 0.15) is 16.1 Å². The van der Waals surface area contributed by atoms with Crippen molar-refractivity contribution in [3.05, 3.63) is 84.4 Å². The first-order valence-electron chi connectivity index (χ1n) is 9.01. The molecule has 0 unspecified atom stereocenters. The number of hydrogen-bond acceptors (Lipinski definition) is 5. The van der Waals surface area contributed by atoms with E-state index in [1.54, 1.807) is 24.2 Å². The minimum absolute atomic E-state index is 0.102. The van der Waals surface area contributed by atoms with Gasteiger partial charge < -0.3 is 9.73 Å². The number of amides is 1. The SMILES string of the molecule is O=C(NCCSCc1ccco1)c1cc(-c2ccccn2)nc2ccccc12. The van der Waals surface area contributed by atoms with Crippen molar-refractivity contribution in [1.82, 2.24) is 15.3 Å². The van der Waals surface area contributed by atoms with E-state index in [1.165, 1.54) is 0 Å². The number of para-hydroxylation sites is 1.